The van der Waals surface area contributed by atoms with E-state index in [0.29, 0.717) is 12.5 Å². The first-order chi connectivity index (χ1) is 11.2. The average molecular weight is 313 g/mol. The Morgan fingerprint density at radius 3 is 3.00 bits per heavy atom. The molecule has 23 heavy (non-hydrogen) atoms. The number of carbonyl (C=O) groups is 1. The minimum Gasteiger partial charge on any atom is -0.354 e. The van der Waals surface area contributed by atoms with Gasteiger partial charge in [0.2, 0.25) is 5.76 Å². The normalized spacial score (nSPS) is 14.9. The Morgan fingerprint density at radius 2 is 2.22 bits per heavy atom. The van der Waals surface area contributed by atoms with Gasteiger partial charge in [-0.15, -0.1) is 15.3 Å². The molecule has 1 aliphatic rings. The van der Waals surface area contributed by atoms with Gasteiger partial charge < -0.3 is 14.7 Å². The summed E-state index contributed by atoms with van der Waals surface area (Å²) < 4.78 is 6.55. The number of nitrogens with one attached hydrogen (secondary N) is 1. The summed E-state index contributed by atoms with van der Waals surface area (Å²) in [6.45, 7) is 4.16. The second kappa shape index (κ2) is 5.34. The fourth-order valence-corrected chi connectivity index (χ4v) is 2.60. The van der Waals surface area contributed by atoms with Crippen molar-refractivity contribution >= 4 is 17.4 Å². The van der Waals surface area contributed by atoms with Crippen molar-refractivity contribution in [3.8, 4) is 0 Å². The molecule has 0 aromatic carbocycles. The summed E-state index contributed by atoms with van der Waals surface area (Å²) in [4.78, 5) is 13.9. The van der Waals surface area contributed by atoms with E-state index in [1.165, 1.54) is 6.20 Å². The topological polar surface area (TPSA) is 101 Å². The van der Waals surface area contributed by atoms with E-state index < -0.39 is 0 Å². The van der Waals surface area contributed by atoms with Gasteiger partial charge in [-0.05, 0) is 19.1 Å². The number of nitrogens with zero attached hydrogens (tertiary/aromatic N) is 6. The summed E-state index contributed by atoms with van der Waals surface area (Å²) in [7, 11) is 0. The predicted molar refractivity (Wildman–Crippen MR) is 80.1 cm³/mol. The largest absolute Gasteiger partial charge is 0.354 e. The molecule has 1 aliphatic heterocycles. The van der Waals surface area contributed by atoms with Crippen LogP contribution in [0.1, 0.15) is 16.4 Å². The number of aryl methyl sites for hydroxylation is 1. The highest BCUT2D eigenvalue weighted by molar-refractivity contribution is 5.91. The Kier molecular flexibility index (Phi) is 3.18. The zero-order valence-corrected chi connectivity index (χ0v) is 12.5. The third-order valence-electron chi connectivity index (χ3n) is 3.90. The highest BCUT2D eigenvalue weighted by atomic mass is 16.5. The van der Waals surface area contributed by atoms with Gasteiger partial charge in [0.15, 0.2) is 11.5 Å². The molecule has 1 N–H and O–H groups in total. The fraction of sp³-hybridized carbons (Fsp3) is 0.357. The molecule has 9 nitrogen and oxygen atoms in total. The van der Waals surface area contributed by atoms with Crippen molar-refractivity contribution in [2.45, 2.75) is 6.92 Å². The molecule has 4 rings (SSSR count). The van der Waals surface area contributed by atoms with Crippen LogP contribution in [-0.2, 0) is 0 Å². The van der Waals surface area contributed by atoms with Crippen LogP contribution in [0.5, 0.6) is 0 Å². The molecular weight excluding hydrogens is 298 g/mol. The van der Waals surface area contributed by atoms with E-state index in [9.17, 15) is 4.79 Å². The van der Waals surface area contributed by atoms with Crippen molar-refractivity contribution in [1.29, 1.82) is 0 Å². The van der Waals surface area contributed by atoms with E-state index in [1.807, 2.05) is 19.1 Å². The van der Waals surface area contributed by atoms with E-state index in [1.54, 1.807) is 10.6 Å². The summed E-state index contributed by atoms with van der Waals surface area (Å²) in [6, 6.07) is 5.39. The fourth-order valence-electron chi connectivity index (χ4n) is 2.60. The monoisotopic (exact) mass is 313 g/mol. The van der Waals surface area contributed by atoms with Crippen LogP contribution in [0.2, 0.25) is 0 Å². The van der Waals surface area contributed by atoms with Gasteiger partial charge in [-0.1, -0.05) is 5.16 Å². The third kappa shape index (κ3) is 2.50. The van der Waals surface area contributed by atoms with Gasteiger partial charge in [-0.25, -0.2) is 0 Å². The molecule has 4 heterocycles. The molecule has 0 unspecified atom stereocenters. The number of hydrogen-bond donors (Lipinski definition) is 1. The van der Waals surface area contributed by atoms with Crippen molar-refractivity contribution in [3.05, 3.63) is 36.0 Å². The Balaban J connectivity index is 1.33. The molecule has 0 bridgehead atoms. The first-order valence-electron chi connectivity index (χ1n) is 7.33. The van der Waals surface area contributed by atoms with E-state index >= 15 is 0 Å². The van der Waals surface area contributed by atoms with Gasteiger partial charge in [-0.3, -0.25) is 4.79 Å². The third-order valence-corrected chi connectivity index (χ3v) is 3.90. The molecule has 0 atom stereocenters. The second-order valence-corrected chi connectivity index (χ2v) is 5.57. The highest BCUT2D eigenvalue weighted by Crippen LogP contribution is 2.22. The number of amides is 1. The van der Waals surface area contributed by atoms with Crippen LogP contribution in [0.4, 0.5) is 5.82 Å². The van der Waals surface area contributed by atoms with Gasteiger partial charge in [0.25, 0.3) is 5.91 Å². The Morgan fingerprint density at radius 1 is 1.35 bits per heavy atom. The van der Waals surface area contributed by atoms with Crippen LogP contribution in [-0.4, -0.2) is 50.5 Å². The second-order valence-electron chi connectivity index (χ2n) is 5.57. The zero-order valence-electron chi connectivity index (χ0n) is 12.5. The molecule has 1 saturated heterocycles. The average Bonchev–Trinajstić information content (AvgIpc) is 3.16. The lowest BCUT2D eigenvalue weighted by Gasteiger charge is -2.40. The standard InChI is InChI=1S/C14H15N7O2/c1-9-17-18-12-2-3-13(19-21(9)12)20-7-10(8-20)6-15-14(22)11-4-5-16-23-11/h2-5,10H,6-8H2,1H3,(H,15,22). The number of carbonyl (C=O) groups excluding carboxylic acids is 1. The Bertz CT molecular complexity index is 836. The summed E-state index contributed by atoms with van der Waals surface area (Å²) in [5, 5.41) is 18.9. The maximum Gasteiger partial charge on any atom is 0.289 e. The molecule has 3 aromatic heterocycles. The van der Waals surface area contributed by atoms with Crippen molar-refractivity contribution in [2.75, 3.05) is 24.5 Å². The van der Waals surface area contributed by atoms with Crippen LogP contribution < -0.4 is 10.2 Å². The van der Waals surface area contributed by atoms with Crippen LogP contribution in [0.3, 0.4) is 0 Å². The van der Waals surface area contributed by atoms with Gasteiger partial charge >= 0.3 is 0 Å². The lowest BCUT2D eigenvalue weighted by molar-refractivity contribution is 0.0907. The Labute approximate surface area is 131 Å². The maximum absolute atomic E-state index is 11.8. The molecule has 0 spiro atoms. The smallest absolute Gasteiger partial charge is 0.289 e. The van der Waals surface area contributed by atoms with Crippen LogP contribution in [0, 0.1) is 12.8 Å². The molecule has 3 aromatic rings. The first kappa shape index (κ1) is 13.7. The number of fused-ring (bicyclic) bond motifs is 1. The molecule has 0 radical (unpaired) electrons. The van der Waals surface area contributed by atoms with Gasteiger partial charge in [0.1, 0.15) is 5.82 Å². The van der Waals surface area contributed by atoms with E-state index in [4.69, 9.17) is 4.52 Å². The number of anilines is 1. The Hall–Kier alpha value is -2.97. The summed E-state index contributed by atoms with van der Waals surface area (Å²) in [6.07, 6.45) is 1.45. The summed E-state index contributed by atoms with van der Waals surface area (Å²) in [5.41, 5.74) is 0.739. The van der Waals surface area contributed by atoms with Crippen molar-refractivity contribution in [3.63, 3.8) is 0 Å². The van der Waals surface area contributed by atoms with Crippen LogP contribution >= 0.6 is 0 Å². The van der Waals surface area contributed by atoms with Crippen LogP contribution in [0.15, 0.2) is 28.9 Å². The van der Waals surface area contributed by atoms with E-state index in [0.717, 1.165) is 30.4 Å². The van der Waals surface area contributed by atoms with Crippen molar-refractivity contribution < 1.29 is 9.32 Å². The molecule has 118 valence electrons. The first-order valence-corrected chi connectivity index (χ1v) is 7.33. The van der Waals surface area contributed by atoms with E-state index in [-0.39, 0.29) is 11.7 Å². The molecule has 1 fully saturated rings. The van der Waals surface area contributed by atoms with Gasteiger partial charge in [-0.2, -0.15) is 4.52 Å². The zero-order chi connectivity index (χ0) is 15.8. The minimum absolute atomic E-state index is 0.233. The predicted octanol–water partition coefficient (Wildman–Crippen LogP) is 0.287. The minimum atomic E-state index is -0.236. The van der Waals surface area contributed by atoms with Gasteiger partial charge in [0.05, 0.1) is 6.20 Å². The van der Waals surface area contributed by atoms with Crippen LogP contribution in [0.25, 0.3) is 5.65 Å². The SMILES string of the molecule is Cc1nnc2ccc(N3CC(CNC(=O)c4ccno4)C3)nn12. The van der Waals surface area contributed by atoms with Crippen molar-refractivity contribution in [2.24, 2.45) is 5.92 Å². The molecule has 0 saturated carbocycles. The molecular formula is C14H15N7O2. The highest BCUT2D eigenvalue weighted by Gasteiger charge is 2.28. The lowest BCUT2D eigenvalue weighted by Crippen LogP contribution is -2.52. The summed E-state index contributed by atoms with van der Waals surface area (Å²) >= 11 is 0. The molecule has 1 amide bonds. The van der Waals surface area contributed by atoms with Crippen molar-refractivity contribution in [1.82, 2.24) is 30.3 Å². The number of hydrogen-bond acceptors (Lipinski definition) is 7. The quantitative estimate of drug-likeness (QED) is 0.738. The molecule has 0 aliphatic carbocycles. The number of rotatable bonds is 4. The molecule has 9 heteroatoms. The summed E-state index contributed by atoms with van der Waals surface area (Å²) in [5.74, 6) is 2.04. The maximum atomic E-state index is 11.8. The number of aromatic nitrogens is 5. The van der Waals surface area contributed by atoms with Gasteiger partial charge in [0, 0.05) is 31.6 Å². The lowest BCUT2D eigenvalue weighted by atomic mass is 10.0. The van der Waals surface area contributed by atoms with E-state index in [2.05, 4.69) is 30.7 Å².